The van der Waals surface area contributed by atoms with E-state index in [1.165, 1.54) is 18.5 Å². The van der Waals surface area contributed by atoms with E-state index in [4.69, 9.17) is 4.42 Å². The molecule has 28 heavy (non-hydrogen) atoms. The van der Waals surface area contributed by atoms with Crippen molar-refractivity contribution in [3.05, 3.63) is 53.2 Å². The fourth-order valence-electron chi connectivity index (χ4n) is 5.57. The second-order valence-corrected chi connectivity index (χ2v) is 8.10. The summed E-state index contributed by atoms with van der Waals surface area (Å²) in [5.74, 6) is -0.385. The maximum absolute atomic E-state index is 13.9. The fraction of sp³-hybridized carbons (Fsp3) is 0.524. The SMILES string of the molecule is CCc1ocnc1C(=O)N1C[C@H](c2cc(F)cc(F)c2)[C@H]2[C@@H]1C1CCN2CC1. The Bertz CT molecular complexity index is 887. The number of aryl methyl sites for hydroxylation is 1. The van der Waals surface area contributed by atoms with Crippen LogP contribution in [0.1, 0.15) is 47.5 Å². The number of fused-ring (bicyclic) bond motifs is 2. The van der Waals surface area contributed by atoms with Gasteiger partial charge in [-0.2, -0.15) is 0 Å². The van der Waals surface area contributed by atoms with Gasteiger partial charge in [0.15, 0.2) is 12.1 Å². The van der Waals surface area contributed by atoms with E-state index in [1.54, 1.807) is 0 Å². The molecule has 0 saturated carbocycles. The number of carbonyl (C=O) groups is 1. The van der Waals surface area contributed by atoms with Crippen LogP contribution < -0.4 is 0 Å². The van der Waals surface area contributed by atoms with Crippen LogP contribution in [-0.2, 0) is 6.42 Å². The first-order chi connectivity index (χ1) is 13.6. The second kappa shape index (κ2) is 6.65. The van der Waals surface area contributed by atoms with Crippen molar-refractivity contribution in [1.82, 2.24) is 14.8 Å². The predicted molar refractivity (Wildman–Crippen MR) is 97.9 cm³/mol. The van der Waals surface area contributed by atoms with Crippen LogP contribution in [0.15, 0.2) is 29.0 Å². The Hall–Kier alpha value is -2.28. The molecule has 5 heterocycles. The molecule has 1 aromatic heterocycles. The molecule has 1 aromatic carbocycles. The van der Waals surface area contributed by atoms with Crippen molar-refractivity contribution in [2.24, 2.45) is 5.92 Å². The van der Waals surface area contributed by atoms with E-state index in [1.807, 2.05) is 11.8 Å². The number of nitrogens with zero attached hydrogens (tertiary/aromatic N) is 3. The smallest absolute Gasteiger partial charge is 0.276 e. The zero-order valence-corrected chi connectivity index (χ0v) is 15.8. The monoisotopic (exact) mass is 387 g/mol. The van der Waals surface area contributed by atoms with Gasteiger partial charge in [0.05, 0.1) is 6.04 Å². The minimum atomic E-state index is -0.572. The third kappa shape index (κ3) is 2.67. The van der Waals surface area contributed by atoms with E-state index >= 15 is 0 Å². The molecular weight excluding hydrogens is 364 g/mol. The third-order valence-corrected chi connectivity index (χ3v) is 6.73. The average Bonchev–Trinajstić information content (AvgIpc) is 3.33. The number of aromatic nitrogens is 1. The molecule has 4 aliphatic rings. The number of amides is 1. The number of carbonyl (C=O) groups excluding carboxylic acids is 1. The summed E-state index contributed by atoms with van der Waals surface area (Å²) in [6, 6.07) is 3.86. The van der Waals surface area contributed by atoms with Gasteiger partial charge in [-0.1, -0.05) is 6.92 Å². The van der Waals surface area contributed by atoms with Gasteiger partial charge >= 0.3 is 0 Å². The van der Waals surface area contributed by atoms with Crippen LogP contribution >= 0.6 is 0 Å². The molecule has 4 aliphatic heterocycles. The highest BCUT2D eigenvalue weighted by atomic mass is 19.1. The van der Waals surface area contributed by atoms with Crippen molar-refractivity contribution in [2.45, 2.75) is 44.2 Å². The van der Waals surface area contributed by atoms with Crippen molar-refractivity contribution >= 4 is 5.91 Å². The van der Waals surface area contributed by atoms with Crippen molar-refractivity contribution in [3.8, 4) is 0 Å². The maximum atomic E-state index is 13.9. The Labute approximate surface area is 162 Å². The van der Waals surface area contributed by atoms with Crippen LogP contribution in [0.2, 0.25) is 0 Å². The van der Waals surface area contributed by atoms with Gasteiger partial charge in [0, 0.05) is 31.0 Å². The van der Waals surface area contributed by atoms with Crippen LogP contribution in [0.4, 0.5) is 8.78 Å². The number of benzene rings is 1. The zero-order chi connectivity index (χ0) is 19.4. The third-order valence-electron chi connectivity index (χ3n) is 6.73. The van der Waals surface area contributed by atoms with Gasteiger partial charge < -0.3 is 9.32 Å². The topological polar surface area (TPSA) is 49.6 Å². The molecule has 148 valence electrons. The first kappa shape index (κ1) is 17.8. The van der Waals surface area contributed by atoms with Crippen LogP contribution in [0.25, 0.3) is 0 Å². The summed E-state index contributed by atoms with van der Waals surface area (Å²) in [6.07, 6.45) is 4.01. The Balaban J connectivity index is 1.55. The van der Waals surface area contributed by atoms with E-state index in [9.17, 15) is 13.6 Å². The molecule has 4 fully saturated rings. The fourth-order valence-corrected chi connectivity index (χ4v) is 5.57. The Morgan fingerprint density at radius 2 is 1.89 bits per heavy atom. The van der Waals surface area contributed by atoms with Crippen LogP contribution in [0.5, 0.6) is 0 Å². The van der Waals surface area contributed by atoms with Gasteiger partial charge in [-0.25, -0.2) is 13.8 Å². The van der Waals surface area contributed by atoms with Crippen LogP contribution in [0, 0.1) is 17.6 Å². The standard InChI is InChI=1S/C21H23F2N3O2/c1-2-17-18(24-11-28-17)21(27)26-10-16(13-7-14(22)9-15(23)8-13)20-19(26)12-3-5-25(20)6-4-12/h7-9,11-12,16,19-20H,2-6,10H2,1H3/t16-,19+,20+/m1/s1. The summed E-state index contributed by atoms with van der Waals surface area (Å²) in [6.45, 7) is 4.33. The average molecular weight is 387 g/mol. The Kier molecular flexibility index (Phi) is 4.23. The summed E-state index contributed by atoms with van der Waals surface area (Å²) in [4.78, 5) is 21.8. The van der Waals surface area contributed by atoms with E-state index in [-0.39, 0.29) is 23.9 Å². The molecular formula is C21H23F2N3O2. The Morgan fingerprint density at radius 1 is 1.18 bits per heavy atom. The highest BCUT2D eigenvalue weighted by molar-refractivity contribution is 5.94. The second-order valence-electron chi connectivity index (χ2n) is 8.10. The lowest BCUT2D eigenvalue weighted by Crippen LogP contribution is -2.60. The molecule has 5 nitrogen and oxygen atoms in total. The lowest BCUT2D eigenvalue weighted by molar-refractivity contribution is -0.00365. The number of rotatable bonds is 3. The number of halogens is 2. The largest absolute Gasteiger partial charge is 0.448 e. The quantitative estimate of drug-likeness (QED) is 0.812. The molecule has 0 unspecified atom stereocenters. The van der Waals surface area contributed by atoms with Crippen molar-refractivity contribution in [2.75, 3.05) is 19.6 Å². The summed E-state index contributed by atoms with van der Waals surface area (Å²) < 4.78 is 33.2. The molecule has 1 amide bonds. The highest BCUT2D eigenvalue weighted by Gasteiger charge is 2.55. The van der Waals surface area contributed by atoms with E-state index < -0.39 is 11.6 Å². The van der Waals surface area contributed by atoms with Crippen molar-refractivity contribution in [3.63, 3.8) is 0 Å². The van der Waals surface area contributed by atoms with Gasteiger partial charge in [-0.15, -0.1) is 0 Å². The summed E-state index contributed by atoms with van der Waals surface area (Å²) >= 11 is 0. The first-order valence-corrected chi connectivity index (χ1v) is 10.00. The van der Waals surface area contributed by atoms with E-state index in [0.29, 0.717) is 35.9 Å². The molecule has 4 saturated heterocycles. The van der Waals surface area contributed by atoms with Crippen molar-refractivity contribution in [1.29, 1.82) is 0 Å². The summed E-state index contributed by atoms with van der Waals surface area (Å²) in [7, 11) is 0. The van der Waals surface area contributed by atoms with E-state index in [0.717, 1.165) is 32.0 Å². The lowest BCUT2D eigenvalue weighted by atomic mass is 9.75. The van der Waals surface area contributed by atoms with Crippen LogP contribution in [-0.4, -0.2) is 52.4 Å². The van der Waals surface area contributed by atoms with Crippen LogP contribution in [0.3, 0.4) is 0 Å². The molecule has 6 rings (SSSR count). The number of likely N-dealkylation sites (tertiary alicyclic amines) is 1. The molecule has 2 aromatic rings. The number of piperidine rings is 3. The highest BCUT2D eigenvalue weighted by Crippen LogP contribution is 2.47. The van der Waals surface area contributed by atoms with Gasteiger partial charge in [-0.05, 0) is 49.5 Å². The molecule has 2 bridgehead atoms. The molecule has 7 heteroatoms. The molecule has 0 spiro atoms. The lowest BCUT2D eigenvalue weighted by Gasteiger charge is -2.51. The summed E-state index contributed by atoms with van der Waals surface area (Å²) in [5, 5.41) is 0. The Morgan fingerprint density at radius 3 is 2.57 bits per heavy atom. The molecule has 0 N–H and O–H groups in total. The number of oxazole rings is 1. The number of hydrogen-bond donors (Lipinski definition) is 0. The zero-order valence-electron chi connectivity index (χ0n) is 15.8. The van der Waals surface area contributed by atoms with Gasteiger partial charge in [-0.3, -0.25) is 9.69 Å². The normalized spacial score (nSPS) is 31.2. The maximum Gasteiger partial charge on any atom is 0.276 e. The molecule has 3 atom stereocenters. The van der Waals surface area contributed by atoms with Gasteiger partial charge in [0.1, 0.15) is 17.4 Å². The van der Waals surface area contributed by atoms with E-state index in [2.05, 4.69) is 9.88 Å². The predicted octanol–water partition coefficient (Wildman–Crippen LogP) is 3.22. The summed E-state index contributed by atoms with van der Waals surface area (Å²) in [5.41, 5.74) is 0.995. The molecule has 0 radical (unpaired) electrons. The van der Waals surface area contributed by atoms with Gasteiger partial charge in [0.25, 0.3) is 5.91 Å². The van der Waals surface area contributed by atoms with Gasteiger partial charge in [0.2, 0.25) is 0 Å². The minimum Gasteiger partial charge on any atom is -0.448 e. The molecule has 0 aliphatic carbocycles. The minimum absolute atomic E-state index is 0.0488. The van der Waals surface area contributed by atoms with Crippen molar-refractivity contribution < 1.29 is 18.0 Å². The number of hydrogen-bond acceptors (Lipinski definition) is 4. The first-order valence-electron chi connectivity index (χ1n) is 10.00.